The Bertz CT molecular complexity index is 956. The standard InChI is InChI=1S/C18H19ClN6O/c1-23-8-5-15(22-23)18(26)25-7-2-6-24(9-10-25)17-12-20-16-11-13(19)3-4-14(16)21-17/h3-5,8,11-12H,2,6-7,9-10H2,1H3. The number of aromatic nitrogens is 4. The number of rotatable bonds is 2. The summed E-state index contributed by atoms with van der Waals surface area (Å²) < 4.78 is 1.65. The number of carbonyl (C=O) groups is 1. The lowest BCUT2D eigenvalue weighted by Crippen LogP contribution is -2.35. The number of amides is 1. The first-order valence-electron chi connectivity index (χ1n) is 8.56. The van der Waals surface area contributed by atoms with Gasteiger partial charge in [-0.25, -0.2) is 4.98 Å². The quantitative estimate of drug-likeness (QED) is 0.692. The Morgan fingerprint density at radius 3 is 2.81 bits per heavy atom. The smallest absolute Gasteiger partial charge is 0.274 e. The van der Waals surface area contributed by atoms with Crippen molar-refractivity contribution >= 4 is 34.4 Å². The first-order valence-corrected chi connectivity index (χ1v) is 8.94. The highest BCUT2D eigenvalue weighted by molar-refractivity contribution is 6.31. The number of halogens is 1. The van der Waals surface area contributed by atoms with Crippen LogP contribution >= 0.6 is 11.6 Å². The first-order chi connectivity index (χ1) is 12.6. The molecule has 1 aliphatic rings. The van der Waals surface area contributed by atoms with Crippen LogP contribution in [0.25, 0.3) is 11.0 Å². The molecule has 7 nitrogen and oxygen atoms in total. The summed E-state index contributed by atoms with van der Waals surface area (Å²) in [7, 11) is 1.81. The van der Waals surface area contributed by atoms with Crippen LogP contribution in [0.15, 0.2) is 36.7 Å². The molecule has 1 aliphatic heterocycles. The number of carbonyl (C=O) groups excluding carboxylic acids is 1. The van der Waals surface area contributed by atoms with Crippen LogP contribution < -0.4 is 4.90 Å². The second-order valence-electron chi connectivity index (χ2n) is 6.37. The molecule has 8 heteroatoms. The number of hydrogen-bond acceptors (Lipinski definition) is 5. The minimum absolute atomic E-state index is 0.0216. The van der Waals surface area contributed by atoms with E-state index in [0.717, 1.165) is 29.8 Å². The minimum Gasteiger partial charge on any atom is -0.353 e. The number of nitrogens with zero attached hydrogens (tertiary/aromatic N) is 6. The Hall–Kier alpha value is -2.67. The van der Waals surface area contributed by atoms with Crippen molar-refractivity contribution in [3.63, 3.8) is 0 Å². The van der Waals surface area contributed by atoms with Gasteiger partial charge in [0.2, 0.25) is 0 Å². The highest BCUT2D eigenvalue weighted by Gasteiger charge is 2.22. The molecule has 0 saturated carbocycles. The molecular weight excluding hydrogens is 352 g/mol. The number of benzene rings is 1. The topological polar surface area (TPSA) is 67.2 Å². The van der Waals surface area contributed by atoms with Crippen molar-refractivity contribution in [3.05, 3.63) is 47.4 Å². The van der Waals surface area contributed by atoms with Crippen molar-refractivity contribution in [2.24, 2.45) is 7.05 Å². The summed E-state index contributed by atoms with van der Waals surface area (Å²) in [6, 6.07) is 7.26. The van der Waals surface area contributed by atoms with Gasteiger partial charge in [-0.3, -0.25) is 14.5 Å². The number of hydrogen-bond donors (Lipinski definition) is 0. The average Bonchev–Trinajstić information content (AvgIpc) is 2.93. The van der Waals surface area contributed by atoms with E-state index in [2.05, 4.69) is 15.0 Å². The first kappa shape index (κ1) is 16.8. The summed E-state index contributed by atoms with van der Waals surface area (Å²) in [5, 5.41) is 4.86. The van der Waals surface area contributed by atoms with Gasteiger partial charge in [-0.15, -0.1) is 0 Å². The van der Waals surface area contributed by atoms with Crippen molar-refractivity contribution in [1.29, 1.82) is 0 Å². The van der Waals surface area contributed by atoms with E-state index in [1.54, 1.807) is 23.1 Å². The normalized spacial score (nSPS) is 15.3. The van der Waals surface area contributed by atoms with E-state index in [4.69, 9.17) is 16.6 Å². The zero-order valence-electron chi connectivity index (χ0n) is 14.5. The van der Waals surface area contributed by atoms with Crippen molar-refractivity contribution < 1.29 is 4.79 Å². The fourth-order valence-corrected chi connectivity index (χ4v) is 3.33. The summed E-state index contributed by atoms with van der Waals surface area (Å²) in [5.74, 6) is 0.804. The molecule has 1 saturated heterocycles. The Morgan fingerprint density at radius 2 is 2.00 bits per heavy atom. The zero-order valence-corrected chi connectivity index (χ0v) is 15.2. The molecule has 134 valence electrons. The zero-order chi connectivity index (χ0) is 18.1. The molecule has 0 unspecified atom stereocenters. The Balaban J connectivity index is 1.50. The molecule has 3 heterocycles. The van der Waals surface area contributed by atoms with Crippen LogP contribution in [0.2, 0.25) is 5.02 Å². The summed E-state index contributed by atoms with van der Waals surface area (Å²) >= 11 is 6.00. The summed E-state index contributed by atoms with van der Waals surface area (Å²) in [4.78, 5) is 25.8. The Labute approximate surface area is 156 Å². The van der Waals surface area contributed by atoms with Gasteiger partial charge in [0.1, 0.15) is 11.5 Å². The van der Waals surface area contributed by atoms with Crippen molar-refractivity contribution in [2.45, 2.75) is 6.42 Å². The molecule has 26 heavy (non-hydrogen) atoms. The van der Waals surface area contributed by atoms with Gasteiger partial charge in [-0.05, 0) is 30.7 Å². The third-order valence-corrected chi connectivity index (χ3v) is 4.77. The lowest BCUT2D eigenvalue weighted by atomic mass is 10.3. The monoisotopic (exact) mass is 370 g/mol. The van der Waals surface area contributed by atoms with E-state index in [-0.39, 0.29) is 5.91 Å². The van der Waals surface area contributed by atoms with Crippen LogP contribution in [0.5, 0.6) is 0 Å². The van der Waals surface area contributed by atoms with Crippen molar-refractivity contribution in [1.82, 2.24) is 24.6 Å². The van der Waals surface area contributed by atoms with E-state index in [1.807, 2.05) is 30.1 Å². The fourth-order valence-electron chi connectivity index (χ4n) is 3.17. The number of anilines is 1. The molecule has 0 atom stereocenters. The van der Waals surface area contributed by atoms with E-state index in [1.165, 1.54) is 0 Å². The second kappa shape index (κ2) is 6.92. The average molecular weight is 371 g/mol. The van der Waals surface area contributed by atoms with Gasteiger partial charge in [-0.2, -0.15) is 5.10 Å². The molecule has 1 amide bonds. The fraction of sp³-hybridized carbons (Fsp3) is 0.333. The van der Waals surface area contributed by atoms with Crippen LogP contribution in [0.4, 0.5) is 5.82 Å². The predicted molar refractivity (Wildman–Crippen MR) is 100 cm³/mol. The summed E-state index contributed by atoms with van der Waals surface area (Å²) in [6.07, 6.45) is 4.43. The Morgan fingerprint density at radius 1 is 1.12 bits per heavy atom. The van der Waals surface area contributed by atoms with Crippen molar-refractivity contribution in [2.75, 3.05) is 31.1 Å². The predicted octanol–water partition coefficient (Wildman–Crippen LogP) is 2.37. The van der Waals surface area contributed by atoms with Crippen LogP contribution in [0.3, 0.4) is 0 Å². The molecule has 0 bridgehead atoms. The summed E-state index contributed by atoms with van der Waals surface area (Å²) in [6.45, 7) is 2.89. The third kappa shape index (κ3) is 3.35. The number of aryl methyl sites for hydroxylation is 1. The lowest BCUT2D eigenvalue weighted by molar-refractivity contribution is 0.0760. The van der Waals surface area contributed by atoms with Crippen molar-refractivity contribution in [3.8, 4) is 0 Å². The highest BCUT2D eigenvalue weighted by atomic mass is 35.5. The van der Waals surface area contributed by atoms with E-state index < -0.39 is 0 Å². The molecule has 0 N–H and O–H groups in total. The van der Waals surface area contributed by atoms with Crippen LogP contribution in [-0.2, 0) is 7.05 Å². The maximum absolute atomic E-state index is 12.6. The van der Waals surface area contributed by atoms with E-state index >= 15 is 0 Å². The molecule has 2 aromatic heterocycles. The van der Waals surface area contributed by atoms with Gasteiger partial charge < -0.3 is 9.80 Å². The molecule has 1 fully saturated rings. The van der Waals surface area contributed by atoms with Gasteiger partial charge in [0.25, 0.3) is 5.91 Å². The van der Waals surface area contributed by atoms with Gasteiger partial charge in [0, 0.05) is 44.4 Å². The van der Waals surface area contributed by atoms with E-state index in [9.17, 15) is 4.79 Å². The molecule has 0 spiro atoms. The molecule has 4 rings (SSSR count). The number of fused-ring (bicyclic) bond motifs is 1. The SMILES string of the molecule is Cn1ccc(C(=O)N2CCCN(c3cnc4cc(Cl)ccc4n3)CC2)n1. The Kier molecular flexibility index (Phi) is 4.46. The largest absolute Gasteiger partial charge is 0.353 e. The van der Waals surface area contributed by atoms with E-state index in [0.29, 0.717) is 30.4 Å². The highest BCUT2D eigenvalue weighted by Crippen LogP contribution is 2.20. The third-order valence-electron chi connectivity index (χ3n) is 4.53. The maximum Gasteiger partial charge on any atom is 0.274 e. The van der Waals surface area contributed by atoms with Crippen LogP contribution in [-0.4, -0.2) is 56.7 Å². The van der Waals surface area contributed by atoms with Gasteiger partial charge >= 0.3 is 0 Å². The van der Waals surface area contributed by atoms with Crippen LogP contribution in [0, 0.1) is 0 Å². The molecular formula is C18H19ClN6O. The molecule has 1 aromatic carbocycles. The molecule has 0 aliphatic carbocycles. The van der Waals surface area contributed by atoms with Crippen LogP contribution in [0.1, 0.15) is 16.9 Å². The molecule has 3 aromatic rings. The minimum atomic E-state index is -0.0216. The van der Waals surface area contributed by atoms with Gasteiger partial charge in [0.05, 0.1) is 17.2 Å². The lowest BCUT2D eigenvalue weighted by Gasteiger charge is -2.22. The summed E-state index contributed by atoms with van der Waals surface area (Å²) in [5.41, 5.74) is 2.09. The van der Waals surface area contributed by atoms with Gasteiger partial charge in [-0.1, -0.05) is 11.6 Å². The van der Waals surface area contributed by atoms with Gasteiger partial charge in [0.15, 0.2) is 0 Å². The second-order valence-corrected chi connectivity index (χ2v) is 6.81. The molecule has 0 radical (unpaired) electrons. The maximum atomic E-state index is 12.6.